The Balaban J connectivity index is 1.44. The molecule has 2 heterocycles. The minimum atomic E-state index is -3.61. The molecule has 0 spiro atoms. The summed E-state index contributed by atoms with van der Waals surface area (Å²) in [5, 5.41) is 0.221. The van der Waals surface area contributed by atoms with Crippen LogP contribution >= 0.6 is 11.6 Å². The van der Waals surface area contributed by atoms with Gasteiger partial charge in [0.25, 0.3) is 10.0 Å². The lowest BCUT2D eigenvalue weighted by molar-refractivity contribution is 0.0165. The molecule has 0 bridgehead atoms. The number of piperazine rings is 1. The van der Waals surface area contributed by atoms with E-state index in [9.17, 15) is 17.6 Å². The quantitative estimate of drug-likeness (QED) is 0.544. The van der Waals surface area contributed by atoms with Crippen LogP contribution in [0.2, 0.25) is 5.02 Å². The topological polar surface area (TPSA) is 75.5 Å². The second-order valence-electron chi connectivity index (χ2n) is 9.10. The minimum Gasteiger partial charge on any atom is -0.339 e. The number of sulfonamides is 1. The SMILES string of the molecule is Cn1cnc(S(=O)(=O)N2CCN(C3(CCC(=O)c4ccc(F)cc4Cl)CCCCC3)CC2)c1. The predicted molar refractivity (Wildman–Crippen MR) is 124 cm³/mol. The molecule has 1 aliphatic heterocycles. The van der Waals surface area contributed by atoms with E-state index in [4.69, 9.17) is 11.6 Å². The van der Waals surface area contributed by atoms with E-state index in [1.54, 1.807) is 11.6 Å². The summed E-state index contributed by atoms with van der Waals surface area (Å²) in [5.74, 6) is -0.542. The number of hydrogen-bond donors (Lipinski definition) is 0. The Kier molecular flexibility index (Phi) is 7.23. The van der Waals surface area contributed by atoms with Gasteiger partial charge in [0.15, 0.2) is 10.8 Å². The number of carbonyl (C=O) groups excluding carboxylic acids is 1. The Morgan fingerprint density at radius 3 is 2.45 bits per heavy atom. The number of benzene rings is 1. The number of hydrogen-bond acceptors (Lipinski definition) is 5. The van der Waals surface area contributed by atoms with E-state index in [1.807, 2.05) is 0 Å². The molecular weight excluding hydrogens is 467 g/mol. The lowest BCUT2D eigenvalue weighted by Crippen LogP contribution is -2.58. The maximum Gasteiger partial charge on any atom is 0.262 e. The molecule has 2 aromatic rings. The van der Waals surface area contributed by atoms with Crippen LogP contribution in [-0.4, -0.2) is 64.7 Å². The molecule has 1 aliphatic carbocycles. The van der Waals surface area contributed by atoms with Gasteiger partial charge in [-0.05, 0) is 37.5 Å². The van der Waals surface area contributed by atoms with Crippen LogP contribution in [0.4, 0.5) is 4.39 Å². The van der Waals surface area contributed by atoms with E-state index >= 15 is 0 Å². The van der Waals surface area contributed by atoms with Crippen LogP contribution in [0.3, 0.4) is 0 Å². The van der Waals surface area contributed by atoms with Crippen molar-refractivity contribution in [2.24, 2.45) is 7.05 Å². The Bertz CT molecular complexity index is 1110. The second kappa shape index (κ2) is 9.82. The molecule has 0 atom stereocenters. The van der Waals surface area contributed by atoms with Crippen molar-refractivity contribution in [3.05, 3.63) is 47.1 Å². The van der Waals surface area contributed by atoms with Crippen LogP contribution in [0.5, 0.6) is 0 Å². The van der Waals surface area contributed by atoms with Crippen molar-refractivity contribution in [2.45, 2.75) is 55.5 Å². The average molecular weight is 497 g/mol. The van der Waals surface area contributed by atoms with E-state index in [0.717, 1.165) is 25.7 Å². The first-order valence-corrected chi connectivity index (χ1v) is 13.2. The van der Waals surface area contributed by atoms with Gasteiger partial charge in [0, 0.05) is 56.9 Å². The van der Waals surface area contributed by atoms with Crippen LogP contribution in [0.1, 0.15) is 55.3 Å². The maximum atomic E-state index is 13.4. The van der Waals surface area contributed by atoms with Gasteiger partial charge in [0.05, 0.1) is 11.3 Å². The smallest absolute Gasteiger partial charge is 0.262 e. The van der Waals surface area contributed by atoms with Gasteiger partial charge in [-0.2, -0.15) is 4.31 Å². The summed E-state index contributed by atoms with van der Waals surface area (Å²) < 4.78 is 42.4. The van der Waals surface area contributed by atoms with E-state index in [1.165, 1.54) is 41.4 Å². The fourth-order valence-electron chi connectivity index (χ4n) is 5.19. The standard InChI is InChI=1S/C23H30ClFN4O3S/c1-27-16-22(26-17-27)33(31,32)29-13-11-28(12-14-29)23(8-3-2-4-9-23)10-7-21(30)19-6-5-18(25)15-20(19)24/h5-6,15-17H,2-4,7-14H2,1H3. The lowest BCUT2D eigenvalue weighted by Gasteiger charge is -2.49. The minimum absolute atomic E-state index is 0.0765. The van der Waals surface area contributed by atoms with E-state index in [-0.39, 0.29) is 21.4 Å². The first-order chi connectivity index (χ1) is 15.7. The fraction of sp³-hybridized carbons (Fsp3) is 0.565. The van der Waals surface area contributed by atoms with Gasteiger partial charge in [-0.1, -0.05) is 30.9 Å². The number of rotatable bonds is 7. The maximum absolute atomic E-state index is 13.4. The molecule has 33 heavy (non-hydrogen) atoms. The van der Waals surface area contributed by atoms with Crippen LogP contribution < -0.4 is 0 Å². The van der Waals surface area contributed by atoms with Crippen molar-refractivity contribution in [3.63, 3.8) is 0 Å². The molecule has 1 saturated heterocycles. The second-order valence-corrected chi connectivity index (χ2v) is 11.4. The van der Waals surface area contributed by atoms with Crippen LogP contribution in [-0.2, 0) is 17.1 Å². The molecule has 0 unspecified atom stereocenters. The Hall–Kier alpha value is -1.81. The zero-order valence-electron chi connectivity index (χ0n) is 18.8. The van der Waals surface area contributed by atoms with Gasteiger partial charge in [0.1, 0.15) is 5.82 Å². The molecule has 4 rings (SSSR count). The van der Waals surface area contributed by atoms with Gasteiger partial charge < -0.3 is 4.57 Å². The first-order valence-electron chi connectivity index (χ1n) is 11.4. The summed E-state index contributed by atoms with van der Waals surface area (Å²) in [4.78, 5) is 19.3. The third-order valence-corrected chi connectivity index (χ3v) is 9.13. The average Bonchev–Trinajstić information content (AvgIpc) is 3.25. The third kappa shape index (κ3) is 5.16. The first kappa shape index (κ1) is 24.3. The van der Waals surface area contributed by atoms with Gasteiger partial charge in [-0.25, -0.2) is 17.8 Å². The van der Waals surface area contributed by atoms with Crippen molar-refractivity contribution in [2.75, 3.05) is 26.2 Å². The van der Waals surface area contributed by atoms with Crippen molar-refractivity contribution < 1.29 is 17.6 Å². The van der Waals surface area contributed by atoms with Crippen LogP contribution in [0.15, 0.2) is 35.7 Å². The predicted octanol–water partition coefficient (Wildman–Crippen LogP) is 3.88. The van der Waals surface area contributed by atoms with E-state index < -0.39 is 15.8 Å². The Morgan fingerprint density at radius 2 is 1.85 bits per heavy atom. The molecule has 1 aromatic carbocycles. The highest BCUT2D eigenvalue weighted by atomic mass is 35.5. The molecule has 0 amide bonds. The number of aryl methyl sites for hydroxylation is 1. The van der Waals surface area contributed by atoms with Crippen LogP contribution in [0.25, 0.3) is 0 Å². The summed E-state index contributed by atoms with van der Waals surface area (Å²) in [5.41, 5.74) is 0.233. The van der Waals surface area contributed by atoms with Gasteiger partial charge >= 0.3 is 0 Å². The van der Waals surface area contributed by atoms with Crippen molar-refractivity contribution >= 4 is 27.4 Å². The normalized spacial score (nSPS) is 20.1. The molecule has 0 radical (unpaired) electrons. The fourth-order valence-corrected chi connectivity index (χ4v) is 6.85. The monoisotopic (exact) mass is 496 g/mol. The molecule has 10 heteroatoms. The molecule has 0 N–H and O–H groups in total. The Morgan fingerprint density at radius 1 is 1.15 bits per heavy atom. The molecular formula is C23H30ClFN4O3S. The lowest BCUT2D eigenvalue weighted by atomic mass is 9.76. The molecule has 2 fully saturated rings. The summed E-state index contributed by atoms with van der Waals surface area (Å²) in [6.07, 6.45) is 9.38. The van der Waals surface area contributed by atoms with Crippen molar-refractivity contribution in [1.82, 2.24) is 18.8 Å². The number of ketones is 1. The third-order valence-electron chi connectivity index (χ3n) is 7.03. The number of nitrogens with zero attached hydrogens (tertiary/aromatic N) is 4. The van der Waals surface area contributed by atoms with Gasteiger partial charge in [0.2, 0.25) is 0 Å². The zero-order valence-corrected chi connectivity index (χ0v) is 20.4. The number of aromatic nitrogens is 2. The summed E-state index contributed by atoms with van der Waals surface area (Å²) in [7, 11) is -1.86. The van der Waals surface area contributed by atoms with E-state index in [2.05, 4.69) is 9.88 Å². The number of imidazole rings is 1. The van der Waals surface area contributed by atoms with E-state index in [0.29, 0.717) is 44.6 Å². The highest BCUT2D eigenvalue weighted by molar-refractivity contribution is 7.89. The van der Waals surface area contributed by atoms with Crippen LogP contribution in [0, 0.1) is 5.82 Å². The van der Waals surface area contributed by atoms with Gasteiger partial charge in [-0.3, -0.25) is 9.69 Å². The molecule has 1 saturated carbocycles. The summed E-state index contributed by atoms with van der Waals surface area (Å²) in [6, 6.07) is 3.89. The molecule has 1 aromatic heterocycles. The highest BCUT2D eigenvalue weighted by Gasteiger charge is 2.41. The van der Waals surface area contributed by atoms with Crippen molar-refractivity contribution in [1.29, 1.82) is 0 Å². The number of halogens is 2. The molecule has 7 nitrogen and oxygen atoms in total. The largest absolute Gasteiger partial charge is 0.339 e. The van der Waals surface area contributed by atoms with Gasteiger partial charge in [-0.15, -0.1) is 0 Å². The summed E-state index contributed by atoms with van der Waals surface area (Å²) in [6.45, 7) is 2.05. The highest BCUT2D eigenvalue weighted by Crippen LogP contribution is 2.39. The van der Waals surface area contributed by atoms with Crippen molar-refractivity contribution in [3.8, 4) is 0 Å². The molecule has 180 valence electrons. The zero-order chi connectivity index (χ0) is 23.6. The number of carbonyl (C=O) groups is 1. The Labute approximate surface area is 199 Å². The summed E-state index contributed by atoms with van der Waals surface area (Å²) >= 11 is 6.10. The number of Topliss-reactive ketones (excluding diaryl/α,β-unsaturated/α-hetero) is 1. The molecule has 2 aliphatic rings.